The van der Waals surface area contributed by atoms with E-state index in [9.17, 15) is 4.79 Å². The van der Waals surface area contributed by atoms with E-state index in [-0.39, 0.29) is 11.9 Å². The Morgan fingerprint density at radius 1 is 1.32 bits per heavy atom. The summed E-state index contributed by atoms with van der Waals surface area (Å²) in [6, 6.07) is 7.96. The lowest BCUT2D eigenvalue weighted by atomic mass is 10.0. The summed E-state index contributed by atoms with van der Waals surface area (Å²) in [7, 11) is 5.86. The Labute approximate surface area is 132 Å². The Balaban J connectivity index is 2.21. The maximum Gasteiger partial charge on any atom is 0.222 e. The van der Waals surface area contributed by atoms with Crippen LogP contribution in [-0.4, -0.2) is 41.0 Å². The van der Waals surface area contributed by atoms with Crippen molar-refractivity contribution in [2.24, 2.45) is 7.05 Å². The highest BCUT2D eigenvalue weighted by Crippen LogP contribution is 2.21. The van der Waals surface area contributed by atoms with Gasteiger partial charge in [-0.3, -0.25) is 4.79 Å². The third kappa shape index (κ3) is 4.18. The first-order chi connectivity index (χ1) is 10.5. The van der Waals surface area contributed by atoms with Crippen molar-refractivity contribution in [2.45, 2.75) is 19.4 Å². The van der Waals surface area contributed by atoms with Gasteiger partial charge in [-0.2, -0.15) is 0 Å². The molecule has 1 amide bonds. The molecule has 0 saturated heterocycles. The second-order valence-electron chi connectivity index (χ2n) is 5.86. The van der Waals surface area contributed by atoms with Gasteiger partial charge in [-0.15, -0.1) is 0 Å². The second kappa shape index (κ2) is 7.22. The molecule has 118 valence electrons. The number of amides is 1. The molecule has 1 aromatic carbocycles. The lowest BCUT2D eigenvalue weighted by Crippen LogP contribution is -2.33. The highest BCUT2D eigenvalue weighted by molar-refractivity contribution is 5.77. The van der Waals surface area contributed by atoms with E-state index in [0.29, 0.717) is 6.42 Å². The van der Waals surface area contributed by atoms with Crippen molar-refractivity contribution in [3.63, 3.8) is 0 Å². The van der Waals surface area contributed by atoms with Crippen molar-refractivity contribution in [3.8, 4) is 0 Å². The molecule has 2 aromatic rings. The Morgan fingerprint density at radius 2 is 2.00 bits per heavy atom. The van der Waals surface area contributed by atoms with Crippen LogP contribution in [-0.2, 0) is 11.8 Å². The van der Waals surface area contributed by atoms with Crippen LogP contribution in [0.25, 0.3) is 0 Å². The van der Waals surface area contributed by atoms with Gasteiger partial charge in [0.2, 0.25) is 5.91 Å². The highest BCUT2D eigenvalue weighted by Gasteiger charge is 2.20. The summed E-state index contributed by atoms with van der Waals surface area (Å²) in [6.45, 7) is 2.78. The van der Waals surface area contributed by atoms with E-state index in [1.54, 1.807) is 6.20 Å². The average molecular weight is 300 g/mol. The van der Waals surface area contributed by atoms with Crippen LogP contribution in [0.5, 0.6) is 0 Å². The topological polar surface area (TPSA) is 50.2 Å². The van der Waals surface area contributed by atoms with Gasteiger partial charge < -0.3 is 14.8 Å². The summed E-state index contributed by atoms with van der Waals surface area (Å²) < 4.78 is 1.94. The Morgan fingerprint density at radius 3 is 2.55 bits per heavy atom. The minimum absolute atomic E-state index is 0.0299. The zero-order valence-electron chi connectivity index (χ0n) is 13.7. The number of aryl methyl sites for hydroxylation is 2. The minimum atomic E-state index is -0.227. The lowest BCUT2D eigenvalue weighted by Gasteiger charge is -2.20. The van der Waals surface area contributed by atoms with Crippen molar-refractivity contribution in [1.29, 1.82) is 0 Å². The van der Waals surface area contributed by atoms with Gasteiger partial charge in [0.1, 0.15) is 11.9 Å². The first kappa shape index (κ1) is 16.2. The molecule has 5 heteroatoms. The number of imidazole rings is 1. The van der Waals surface area contributed by atoms with E-state index in [4.69, 9.17) is 0 Å². The zero-order valence-corrected chi connectivity index (χ0v) is 13.7. The monoisotopic (exact) mass is 300 g/mol. The van der Waals surface area contributed by atoms with E-state index < -0.39 is 0 Å². The standard InChI is InChI=1S/C17H24N4O/c1-13-5-7-14(8-6-13)16(17-18-10-12-21(17)4)19-15(22)9-11-20(2)3/h5-8,10,12,16H,9,11H2,1-4H3,(H,19,22). The van der Waals surface area contributed by atoms with Crippen molar-refractivity contribution < 1.29 is 4.79 Å². The van der Waals surface area contributed by atoms with Crippen LogP contribution in [0.2, 0.25) is 0 Å². The summed E-state index contributed by atoms with van der Waals surface area (Å²) in [5.74, 6) is 0.865. The van der Waals surface area contributed by atoms with Crippen LogP contribution in [0.4, 0.5) is 0 Å². The molecule has 0 radical (unpaired) electrons. The molecule has 0 fully saturated rings. The SMILES string of the molecule is Cc1ccc(C(NC(=O)CCN(C)C)c2nccn2C)cc1. The number of carbonyl (C=O) groups excluding carboxylic acids is 1. The quantitative estimate of drug-likeness (QED) is 0.886. The average Bonchev–Trinajstić information content (AvgIpc) is 2.90. The molecular weight excluding hydrogens is 276 g/mol. The molecule has 0 bridgehead atoms. The summed E-state index contributed by atoms with van der Waals surface area (Å²) in [5.41, 5.74) is 2.24. The number of nitrogens with one attached hydrogen (secondary N) is 1. The van der Waals surface area contributed by atoms with Gasteiger partial charge in [-0.25, -0.2) is 4.98 Å². The fourth-order valence-corrected chi connectivity index (χ4v) is 2.27. The van der Waals surface area contributed by atoms with Gasteiger partial charge in [-0.05, 0) is 26.6 Å². The van der Waals surface area contributed by atoms with Gasteiger partial charge in [0.15, 0.2) is 0 Å². The summed E-state index contributed by atoms with van der Waals surface area (Å²) in [5, 5.41) is 3.10. The number of hydrogen-bond acceptors (Lipinski definition) is 3. The number of nitrogens with zero attached hydrogens (tertiary/aromatic N) is 3. The van der Waals surface area contributed by atoms with E-state index >= 15 is 0 Å². The van der Waals surface area contributed by atoms with Crippen LogP contribution >= 0.6 is 0 Å². The molecule has 0 aliphatic carbocycles. The molecule has 1 heterocycles. The Kier molecular flexibility index (Phi) is 5.33. The molecule has 0 spiro atoms. The Bertz CT molecular complexity index is 616. The van der Waals surface area contributed by atoms with E-state index in [2.05, 4.69) is 29.4 Å². The summed E-state index contributed by atoms with van der Waals surface area (Å²) in [4.78, 5) is 18.6. The third-order valence-corrected chi connectivity index (χ3v) is 3.62. The fraction of sp³-hybridized carbons (Fsp3) is 0.412. The van der Waals surface area contributed by atoms with Crippen LogP contribution < -0.4 is 5.32 Å². The molecule has 0 aliphatic rings. The lowest BCUT2D eigenvalue weighted by molar-refractivity contribution is -0.121. The number of carbonyl (C=O) groups is 1. The van der Waals surface area contributed by atoms with Gasteiger partial charge >= 0.3 is 0 Å². The second-order valence-corrected chi connectivity index (χ2v) is 5.86. The molecule has 0 saturated carbocycles. The number of hydrogen-bond donors (Lipinski definition) is 1. The molecule has 1 atom stereocenters. The molecule has 1 aromatic heterocycles. The van der Waals surface area contributed by atoms with Gasteiger partial charge in [0.25, 0.3) is 0 Å². The Hall–Kier alpha value is -2.14. The van der Waals surface area contributed by atoms with Crippen LogP contribution in [0, 0.1) is 6.92 Å². The molecular formula is C17H24N4O. The van der Waals surface area contributed by atoms with Crippen molar-refractivity contribution >= 4 is 5.91 Å². The van der Waals surface area contributed by atoms with Gasteiger partial charge in [0.05, 0.1) is 0 Å². The van der Waals surface area contributed by atoms with E-state index in [1.807, 2.05) is 48.9 Å². The van der Waals surface area contributed by atoms with Crippen molar-refractivity contribution in [3.05, 3.63) is 53.6 Å². The molecule has 5 nitrogen and oxygen atoms in total. The summed E-state index contributed by atoms with van der Waals surface area (Å²) >= 11 is 0. The zero-order chi connectivity index (χ0) is 16.1. The maximum atomic E-state index is 12.2. The van der Waals surface area contributed by atoms with Crippen LogP contribution in [0.3, 0.4) is 0 Å². The van der Waals surface area contributed by atoms with Crippen LogP contribution in [0.1, 0.15) is 29.4 Å². The molecule has 0 aliphatic heterocycles. The minimum Gasteiger partial charge on any atom is -0.342 e. The predicted octanol–water partition coefficient (Wildman–Crippen LogP) is 1.89. The van der Waals surface area contributed by atoms with E-state index in [1.165, 1.54) is 5.56 Å². The fourth-order valence-electron chi connectivity index (χ4n) is 2.27. The van der Waals surface area contributed by atoms with Crippen LogP contribution in [0.15, 0.2) is 36.7 Å². The third-order valence-electron chi connectivity index (χ3n) is 3.62. The molecule has 2 rings (SSSR count). The number of aromatic nitrogens is 2. The predicted molar refractivity (Wildman–Crippen MR) is 87.5 cm³/mol. The smallest absolute Gasteiger partial charge is 0.222 e. The largest absolute Gasteiger partial charge is 0.342 e. The first-order valence-electron chi connectivity index (χ1n) is 7.45. The number of benzene rings is 1. The number of rotatable bonds is 6. The molecule has 1 N–H and O–H groups in total. The molecule has 1 unspecified atom stereocenters. The van der Waals surface area contributed by atoms with E-state index in [0.717, 1.165) is 17.9 Å². The maximum absolute atomic E-state index is 12.2. The molecule has 22 heavy (non-hydrogen) atoms. The normalized spacial score (nSPS) is 12.4. The summed E-state index contributed by atoms with van der Waals surface area (Å²) in [6.07, 6.45) is 4.12. The first-order valence-corrected chi connectivity index (χ1v) is 7.45. The highest BCUT2D eigenvalue weighted by atomic mass is 16.1. The van der Waals surface area contributed by atoms with Gasteiger partial charge in [-0.1, -0.05) is 29.8 Å². The van der Waals surface area contributed by atoms with Crippen molar-refractivity contribution in [2.75, 3.05) is 20.6 Å². The van der Waals surface area contributed by atoms with Crippen molar-refractivity contribution in [1.82, 2.24) is 19.8 Å². The van der Waals surface area contributed by atoms with Gasteiger partial charge in [0, 0.05) is 32.4 Å².